The van der Waals surface area contributed by atoms with E-state index in [1.165, 1.54) is 0 Å². The third-order valence-corrected chi connectivity index (χ3v) is 4.20. The molecule has 7 nitrogen and oxygen atoms in total. The predicted octanol–water partition coefficient (Wildman–Crippen LogP) is 1.60. The van der Waals surface area contributed by atoms with Gasteiger partial charge in [0.05, 0.1) is 12.2 Å². The Hall–Kier alpha value is -2.11. The molecule has 0 spiro atoms. The Bertz CT molecular complexity index is 613. The second kappa shape index (κ2) is 7.24. The van der Waals surface area contributed by atoms with Gasteiger partial charge in [-0.1, -0.05) is 0 Å². The van der Waals surface area contributed by atoms with Crippen LogP contribution in [0.4, 0.5) is 5.00 Å². The fourth-order valence-electron chi connectivity index (χ4n) is 2.11. The van der Waals surface area contributed by atoms with Crippen molar-refractivity contribution in [1.29, 1.82) is 5.26 Å². The second-order valence-electron chi connectivity index (χ2n) is 4.59. The van der Waals surface area contributed by atoms with Crippen molar-refractivity contribution in [2.75, 3.05) is 18.9 Å². The molecule has 1 fully saturated rings. The first-order valence-corrected chi connectivity index (χ1v) is 7.66. The van der Waals surface area contributed by atoms with Gasteiger partial charge in [0.1, 0.15) is 22.6 Å². The van der Waals surface area contributed by atoms with E-state index in [-0.39, 0.29) is 34.2 Å². The molecule has 2 heterocycles. The van der Waals surface area contributed by atoms with Crippen molar-refractivity contribution >= 4 is 28.3 Å². The first-order chi connectivity index (χ1) is 10.6. The molecule has 8 heteroatoms. The number of carbonyl (C=O) groups is 2. The average molecular weight is 324 g/mol. The van der Waals surface area contributed by atoms with E-state index in [2.05, 4.69) is 0 Å². The van der Waals surface area contributed by atoms with E-state index >= 15 is 0 Å². The Balaban J connectivity index is 2.15. The highest BCUT2D eigenvalue weighted by Gasteiger charge is 2.28. The van der Waals surface area contributed by atoms with E-state index in [0.29, 0.717) is 13.0 Å². The Labute approximate surface area is 131 Å². The maximum Gasteiger partial charge on any atom is 0.348 e. The molecule has 0 aliphatic carbocycles. The summed E-state index contributed by atoms with van der Waals surface area (Å²) >= 11 is 0.956. The lowest BCUT2D eigenvalue weighted by Gasteiger charge is -2.10. The highest BCUT2D eigenvalue weighted by Crippen LogP contribution is 2.32. The number of nitrogens with zero attached hydrogens (tertiary/aromatic N) is 1. The van der Waals surface area contributed by atoms with E-state index in [1.54, 1.807) is 6.92 Å². The third kappa shape index (κ3) is 3.37. The van der Waals surface area contributed by atoms with E-state index in [4.69, 9.17) is 25.2 Å². The average Bonchev–Trinajstić information content (AvgIpc) is 3.12. The van der Waals surface area contributed by atoms with E-state index in [9.17, 15) is 9.59 Å². The Kier molecular flexibility index (Phi) is 5.35. The minimum Gasteiger partial charge on any atom is -0.462 e. The topological polar surface area (TPSA) is 112 Å². The number of carbonyl (C=O) groups excluding carboxylic acids is 2. The second-order valence-corrected chi connectivity index (χ2v) is 5.64. The van der Waals surface area contributed by atoms with Gasteiger partial charge in [0.2, 0.25) is 0 Å². The zero-order chi connectivity index (χ0) is 16.1. The Morgan fingerprint density at radius 1 is 1.50 bits per heavy atom. The molecule has 118 valence electrons. The molecule has 0 aromatic carbocycles. The molecular weight excluding hydrogens is 308 g/mol. The molecule has 1 atom stereocenters. The van der Waals surface area contributed by atoms with Crippen molar-refractivity contribution in [2.24, 2.45) is 0 Å². The normalized spacial score (nSPS) is 17.0. The number of anilines is 1. The van der Waals surface area contributed by atoms with Crippen LogP contribution in [0.15, 0.2) is 0 Å². The van der Waals surface area contributed by atoms with Crippen LogP contribution in [0.2, 0.25) is 0 Å². The van der Waals surface area contributed by atoms with Gasteiger partial charge in [-0.25, -0.2) is 9.59 Å². The first-order valence-electron chi connectivity index (χ1n) is 6.85. The van der Waals surface area contributed by atoms with Crippen LogP contribution in [0.5, 0.6) is 0 Å². The SMILES string of the molecule is CCOC(=O)c1sc(N)c(C#N)c1COC(=O)[C@H]1CCCO1. The van der Waals surface area contributed by atoms with Crippen molar-refractivity contribution in [1.82, 2.24) is 0 Å². The molecule has 0 amide bonds. The lowest BCUT2D eigenvalue weighted by molar-refractivity contribution is -0.155. The zero-order valence-corrected chi connectivity index (χ0v) is 12.9. The fourth-order valence-corrected chi connectivity index (χ4v) is 3.02. The fraction of sp³-hybridized carbons (Fsp3) is 0.500. The standard InChI is InChI=1S/C14H16N2O5S/c1-2-19-14(18)11-9(8(6-15)12(16)22-11)7-21-13(17)10-4-3-5-20-10/h10H,2-5,7,16H2,1H3/t10-/m1/s1. The number of nitriles is 1. The molecule has 1 saturated heterocycles. The molecule has 0 radical (unpaired) electrons. The molecule has 0 saturated carbocycles. The van der Waals surface area contributed by atoms with Crippen molar-refractivity contribution in [3.63, 3.8) is 0 Å². The summed E-state index contributed by atoms with van der Waals surface area (Å²) in [6, 6.07) is 1.93. The van der Waals surface area contributed by atoms with Crippen LogP contribution < -0.4 is 5.73 Å². The highest BCUT2D eigenvalue weighted by atomic mass is 32.1. The summed E-state index contributed by atoms with van der Waals surface area (Å²) in [6.45, 7) is 2.21. The summed E-state index contributed by atoms with van der Waals surface area (Å²) in [5, 5.41) is 9.36. The molecule has 1 aromatic heterocycles. The minimum atomic E-state index is -0.580. The number of thiophene rings is 1. The molecule has 0 bridgehead atoms. The van der Waals surface area contributed by atoms with Crippen LogP contribution in [-0.2, 0) is 25.6 Å². The van der Waals surface area contributed by atoms with Crippen LogP contribution in [-0.4, -0.2) is 31.3 Å². The number of rotatable bonds is 5. The molecule has 2 N–H and O–H groups in total. The molecule has 22 heavy (non-hydrogen) atoms. The van der Waals surface area contributed by atoms with Crippen LogP contribution in [0.25, 0.3) is 0 Å². The lowest BCUT2D eigenvalue weighted by atomic mass is 10.1. The number of ether oxygens (including phenoxy) is 3. The Morgan fingerprint density at radius 2 is 2.27 bits per heavy atom. The molecule has 2 rings (SSSR count). The van der Waals surface area contributed by atoms with Crippen molar-refractivity contribution < 1.29 is 23.8 Å². The first kappa shape index (κ1) is 16.3. The molecule has 0 unspecified atom stereocenters. The lowest BCUT2D eigenvalue weighted by Crippen LogP contribution is -2.22. The van der Waals surface area contributed by atoms with E-state index in [1.807, 2.05) is 6.07 Å². The number of nitrogen functional groups attached to an aromatic ring is 1. The quantitative estimate of drug-likeness (QED) is 0.819. The summed E-state index contributed by atoms with van der Waals surface area (Å²) in [4.78, 5) is 24.0. The van der Waals surface area contributed by atoms with Gasteiger partial charge in [-0.2, -0.15) is 5.26 Å². The van der Waals surface area contributed by atoms with Gasteiger partial charge in [-0.05, 0) is 19.8 Å². The summed E-state index contributed by atoms with van der Waals surface area (Å²) in [7, 11) is 0. The largest absolute Gasteiger partial charge is 0.462 e. The van der Waals surface area contributed by atoms with Crippen molar-refractivity contribution in [2.45, 2.75) is 32.5 Å². The molecular formula is C14H16N2O5S. The van der Waals surface area contributed by atoms with Gasteiger partial charge in [0.15, 0.2) is 6.10 Å². The third-order valence-electron chi connectivity index (χ3n) is 3.16. The highest BCUT2D eigenvalue weighted by molar-refractivity contribution is 7.18. The summed E-state index contributed by atoms with van der Waals surface area (Å²) in [5.41, 5.74) is 6.17. The number of hydrogen-bond donors (Lipinski definition) is 1. The van der Waals surface area contributed by atoms with Gasteiger partial charge < -0.3 is 19.9 Å². The number of hydrogen-bond acceptors (Lipinski definition) is 8. The minimum absolute atomic E-state index is 0.146. The maximum absolute atomic E-state index is 11.9. The van der Waals surface area contributed by atoms with Crippen LogP contribution in [0, 0.1) is 11.3 Å². The van der Waals surface area contributed by atoms with Gasteiger partial charge in [0.25, 0.3) is 0 Å². The summed E-state index contributed by atoms with van der Waals surface area (Å²) in [6.07, 6.45) is 0.843. The molecule has 1 aromatic rings. The number of esters is 2. The van der Waals surface area contributed by atoms with Crippen molar-refractivity contribution in [3.05, 3.63) is 16.0 Å². The van der Waals surface area contributed by atoms with Gasteiger partial charge >= 0.3 is 11.9 Å². The summed E-state index contributed by atoms with van der Waals surface area (Å²) < 4.78 is 15.3. The van der Waals surface area contributed by atoms with Gasteiger partial charge in [-0.3, -0.25) is 0 Å². The van der Waals surface area contributed by atoms with Gasteiger partial charge in [-0.15, -0.1) is 11.3 Å². The monoisotopic (exact) mass is 324 g/mol. The van der Waals surface area contributed by atoms with Crippen molar-refractivity contribution in [3.8, 4) is 6.07 Å². The van der Waals surface area contributed by atoms with E-state index in [0.717, 1.165) is 17.8 Å². The van der Waals surface area contributed by atoms with E-state index < -0.39 is 18.0 Å². The zero-order valence-electron chi connectivity index (χ0n) is 12.1. The van der Waals surface area contributed by atoms with Crippen LogP contribution >= 0.6 is 11.3 Å². The molecule has 1 aliphatic rings. The predicted molar refractivity (Wildman–Crippen MR) is 78.2 cm³/mol. The van der Waals surface area contributed by atoms with Gasteiger partial charge in [0, 0.05) is 12.2 Å². The smallest absolute Gasteiger partial charge is 0.348 e. The maximum atomic E-state index is 11.9. The summed E-state index contributed by atoms with van der Waals surface area (Å²) in [5.74, 6) is -1.08. The van der Waals surface area contributed by atoms with Crippen LogP contribution in [0.1, 0.15) is 40.6 Å². The number of nitrogens with two attached hydrogens (primary N) is 1. The Morgan fingerprint density at radius 3 is 2.86 bits per heavy atom. The molecule has 1 aliphatic heterocycles. The van der Waals surface area contributed by atoms with Crippen LogP contribution in [0.3, 0.4) is 0 Å².